The van der Waals surface area contributed by atoms with E-state index in [0.717, 1.165) is 0 Å². The summed E-state index contributed by atoms with van der Waals surface area (Å²) in [5.41, 5.74) is 1.39. The van der Waals surface area contributed by atoms with Gasteiger partial charge in [0.1, 0.15) is 5.75 Å². The van der Waals surface area contributed by atoms with E-state index in [1.807, 2.05) is 13.0 Å². The van der Waals surface area contributed by atoms with Crippen molar-refractivity contribution in [1.29, 1.82) is 0 Å². The van der Waals surface area contributed by atoms with Gasteiger partial charge in [-0.25, -0.2) is 14.5 Å². The lowest BCUT2D eigenvalue weighted by atomic mass is 10.1. The van der Waals surface area contributed by atoms with Crippen molar-refractivity contribution in [3.8, 4) is 22.8 Å². The van der Waals surface area contributed by atoms with Crippen molar-refractivity contribution >= 4 is 12.0 Å². The van der Waals surface area contributed by atoms with Gasteiger partial charge in [-0.1, -0.05) is 18.2 Å². The fraction of sp³-hybridized carbons (Fsp3) is 0.0556. The molecule has 0 radical (unpaired) electrons. The van der Waals surface area contributed by atoms with Crippen molar-refractivity contribution in [3.05, 3.63) is 66.0 Å². The van der Waals surface area contributed by atoms with E-state index in [0.29, 0.717) is 22.9 Å². The first-order valence-electron chi connectivity index (χ1n) is 7.32. The molecule has 0 aliphatic rings. The number of para-hydroxylation sites is 1. The Morgan fingerprint density at radius 1 is 1.12 bits per heavy atom. The monoisotopic (exact) mass is 321 g/mol. The molecule has 2 aromatic carbocycles. The molecule has 0 aliphatic carbocycles. The number of carboxylic acids is 1. The molecule has 0 saturated carbocycles. The van der Waals surface area contributed by atoms with Crippen LogP contribution in [0, 0.1) is 0 Å². The van der Waals surface area contributed by atoms with Gasteiger partial charge in [0.25, 0.3) is 0 Å². The number of rotatable bonds is 4. The molecule has 2 N–H and O–H groups in total. The van der Waals surface area contributed by atoms with Crippen molar-refractivity contribution in [2.45, 2.75) is 6.92 Å². The highest BCUT2D eigenvalue weighted by atomic mass is 16.4. The summed E-state index contributed by atoms with van der Waals surface area (Å²) in [6, 6.07) is 13.2. The number of allylic oxidation sites excluding steroid dienone is 1. The van der Waals surface area contributed by atoms with Crippen LogP contribution in [0.2, 0.25) is 0 Å². The zero-order valence-corrected chi connectivity index (χ0v) is 12.9. The minimum Gasteiger partial charge on any atom is -0.507 e. The number of phenolic OH excluding ortho intramolecular Hbond substituents is 1. The lowest BCUT2D eigenvalue weighted by Crippen LogP contribution is -2.02. The predicted molar refractivity (Wildman–Crippen MR) is 90.1 cm³/mol. The van der Waals surface area contributed by atoms with Gasteiger partial charge >= 0.3 is 5.97 Å². The second-order valence-corrected chi connectivity index (χ2v) is 5.07. The Balaban J connectivity index is 2.16. The molecule has 6 heteroatoms. The van der Waals surface area contributed by atoms with E-state index in [4.69, 9.17) is 5.11 Å². The van der Waals surface area contributed by atoms with Crippen LogP contribution in [0.1, 0.15) is 23.1 Å². The highest BCUT2D eigenvalue weighted by Gasteiger charge is 2.15. The molecule has 0 saturated heterocycles. The zero-order valence-electron chi connectivity index (χ0n) is 12.9. The van der Waals surface area contributed by atoms with Crippen LogP contribution in [-0.2, 0) is 0 Å². The van der Waals surface area contributed by atoms with E-state index in [2.05, 4.69) is 10.1 Å². The lowest BCUT2D eigenvalue weighted by molar-refractivity contribution is 0.0697. The second-order valence-electron chi connectivity index (χ2n) is 5.07. The van der Waals surface area contributed by atoms with E-state index in [1.165, 1.54) is 12.1 Å². The summed E-state index contributed by atoms with van der Waals surface area (Å²) < 4.78 is 1.58. The summed E-state index contributed by atoms with van der Waals surface area (Å²) in [4.78, 5) is 15.4. The largest absolute Gasteiger partial charge is 0.507 e. The summed E-state index contributed by atoms with van der Waals surface area (Å²) in [6.45, 7) is 1.86. The molecule has 3 rings (SSSR count). The van der Waals surface area contributed by atoms with Gasteiger partial charge in [0.2, 0.25) is 0 Å². The minimum atomic E-state index is -0.990. The number of aromatic carboxylic acids is 1. The van der Waals surface area contributed by atoms with Gasteiger partial charge in [-0.15, -0.1) is 5.10 Å². The number of phenols is 1. The van der Waals surface area contributed by atoms with E-state index < -0.39 is 5.97 Å². The normalized spacial score (nSPS) is 11.0. The first-order chi connectivity index (χ1) is 11.6. The van der Waals surface area contributed by atoms with Crippen molar-refractivity contribution in [2.24, 2.45) is 0 Å². The fourth-order valence-corrected chi connectivity index (χ4v) is 2.31. The molecular weight excluding hydrogens is 306 g/mol. The number of benzene rings is 2. The molecule has 0 aliphatic heterocycles. The number of carboxylic acid groups (broad SMARTS) is 1. The summed E-state index contributed by atoms with van der Waals surface area (Å²) in [7, 11) is 0. The van der Waals surface area contributed by atoms with E-state index in [9.17, 15) is 9.90 Å². The number of nitrogens with zero attached hydrogens (tertiary/aromatic N) is 3. The van der Waals surface area contributed by atoms with Crippen molar-refractivity contribution in [3.63, 3.8) is 0 Å². The van der Waals surface area contributed by atoms with Gasteiger partial charge in [-0.05, 0) is 49.4 Å². The third-order valence-corrected chi connectivity index (χ3v) is 3.44. The fourth-order valence-electron chi connectivity index (χ4n) is 2.31. The Morgan fingerprint density at radius 3 is 2.46 bits per heavy atom. The SMILES string of the molecule is C/C=C/c1nc(-c2ccccc2O)n(-c2ccc(C(=O)O)cc2)n1. The molecule has 6 nitrogen and oxygen atoms in total. The van der Waals surface area contributed by atoms with E-state index in [-0.39, 0.29) is 11.3 Å². The van der Waals surface area contributed by atoms with Crippen LogP contribution in [0.4, 0.5) is 0 Å². The molecule has 1 aromatic heterocycles. The average molecular weight is 321 g/mol. The molecular formula is C18H15N3O3. The zero-order chi connectivity index (χ0) is 17.1. The topological polar surface area (TPSA) is 88.2 Å². The van der Waals surface area contributed by atoms with E-state index in [1.54, 1.807) is 47.2 Å². The van der Waals surface area contributed by atoms with Gasteiger partial charge < -0.3 is 10.2 Å². The maximum absolute atomic E-state index is 11.0. The third-order valence-electron chi connectivity index (χ3n) is 3.44. The van der Waals surface area contributed by atoms with Gasteiger partial charge in [0, 0.05) is 0 Å². The number of hydrogen-bond acceptors (Lipinski definition) is 4. The van der Waals surface area contributed by atoms with Crippen LogP contribution in [-0.4, -0.2) is 30.9 Å². The summed E-state index contributed by atoms with van der Waals surface area (Å²) >= 11 is 0. The Morgan fingerprint density at radius 2 is 1.83 bits per heavy atom. The average Bonchev–Trinajstić information content (AvgIpc) is 2.99. The van der Waals surface area contributed by atoms with Gasteiger partial charge in [-0.2, -0.15) is 0 Å². The third kappa shape index (κ3) is 2.89. The summed E-state index contributed by atoms with van der Waals surface area (Å²) in [6.07, 6.45) is 3.58. The Kier molecular flexibility index (Phi) is 4.11. The molecule has 0 spiro atoms. The maximum Gasteiger partial charge on any atom is 0.335 e. The van der Waals surface area contributed by atoms with Crippen LogP contribution in [0.3, 0.4) is 0 Å². The van der Waals surface area contributed by atoms with Crippen LogP contribution in [0.5, 0.6) is 5.75 Å². The molecule has 24 heavy (non-hydrogen) atoms. The Bertz CT molecular complexity index is 912. The Labute approximate surface area is 138 Å². The molecule has 0 bridgehead atoms. The van der Waals surface area contributed by atoms with E-state index >= 15 is 0 Å². The Hall–Kier alpha value is -3.41. The molecule has 0 fully saturated rings. The number of hydrogen-bond donors (Lipinski definition) is 2. The second kappa shape index (κ2) is 6.37. The summed E-state index contributed by atoms with van der Waals surface area (Å²) in [5, 5.41) is 23.5. The molecule has 120 valence electrons. The highest BCUT2D eigenvalue weighted by molar-refractivity contribution is 5.87. The van der Waals surface area contributed by atoms with Gasteiger partial charge in [-0.3, -0.25) is 0 Å². The summed E-state index contributed by atoms with van der Waals surface area (Å²) in [5.74, 6) is 0.0818. The first-order valence-corrected chi connectivity index (χ1v) is 7.32. The quantitative estimate of drug-likeness (QED) is 0.769. The van der Waals surface area contributed by atoms with Crippen LogP contribution < -0.4 is 0 Å². The van der Waals surface area contributed by atoms with Gasteiger partial charge in [0.15, 0.2) is 11.6 Å². The minimum absolute atomic E-state index is 0.0975. The molecule has 0 unspecified atom stereocenters. The molecule has 0 amide bonds. The molecule has 3 aromatic rings. The highest BCUT2D eigenvalue weighted by Crippen LogP contribution is 2.29. The number of aromatic hydroxyl groups is 1. The van der Waals surface area contributed by atoms with Crippen molar-refractivity contribution in [1.82, 2.24) is 14.8 Å². The first kappa shape index (κ1) is 15.5. The molecule has 0 atom stereocenters. The smallest absolute Gasteiger partial charge is 0.335 e. The van der Waals surface area contributed by atoms with Crippen LogP contribution >= 0.6 is 0 Å². The maximum atomic E-state index is 11.0. The van der Waals surface area contributed by atoms with Gasteiger partial charge in [0.05, 0.1) is 16.8 Å². The van der Waals surface area contributed by atoms with Crippen LogP contribution in [0.15, 0.2) is 54.6 Å². The predicted octanol–water partition coefficient (Wildman–Crippen LogP) is 3.37. The standard InChI is InChI=1S/C18H15N3O3/c1-2-5-16-19-17(14-6-3-4-7-15(14)22)21(20-16)13-10-8-12(9-11-13)18(23)24/h2-11,22H,1H3,(H,23,24)/b5-2+. The van der Waals surface area contributed by atoms with Crippen LogP contribution in [0.25, 0.3) is 23.2 Å². The van der Waals surface area contributed by atoms with Crippen molar-refractivity contribution < 1.29 is 15.0 Å². The molecule has 1 heterocycles. The number of carbonyl (C=O) groups is 1. The lowest BCUT2D eigenvalue weighted by Gasteiger charge is -2.07. The van der Waals surface area contributed by atoms with Crippen molar-refractivity contribution in [2.75, 3.05) is 0 Å². The number of aromatic nitrogens is 3.